The van der Waals surface area contributed by atoms with E-state index in [0.29, 0.717) is 5.88 Å². The maximum atomic E-state index is 11.6. The van der Waals surface area contributed by atoms with E-state index in [1.165, 1.54) is 5.56 Å². The number of aryl methyl sites for hydroxylation is 3. The second kappa shape index (κ2) is 10.1. The van der Waals surface area contributed by atoms with Gasteiger partial charge in [0.25, 0.3) is 0 Å². The summed E-state index contributed by atoms with van der Waals surface area (Å²) in [5.74, 6) is 0.593. The summed E-state index contributed by atoms with van der Waals surface area (Å²) in [6.45, 7) is 0.989. The Bertz CT molecular complexity index is 1330. The molecule has 0 spiro atoms. The number of carboxylic acid groups (broad SMARTS) is 1. The molecule has 5 rings (SSSR count). The van der Waals surface area contributed by atoms with Crippen LogP contribution in [0.4, 0.5) is 5.82 Å². The first-order valence-electron chi connectivity index (χ1n) is 11.9. The van der Waals surface area contributed by atoms with Gasteiger partial charge in [0.05, 0.1) is 31.3 Å². The molecule has 2 N–H and O–H groups in total. The predicted octanol–water partition coefficient (Wildman–Crippen LogP) is 3.83. The van der Waals surface area contributed by atoms with Crippen LogP contribution in [0.25, 0.3) is 11.0 Å². The van der Waals surface area contributed by atoms with Crippen LogP contribution in [0.5, 0.6) is 5.88 Å². The van der Waals surface area contributed by atoms with Gasteiger partial charge < -0.3 is 15.2 Å². The zero-order valence-electron chi connectivity index (χ0n) is 19.6. The first-order valence-corrected chi connectivity index (χ1v) is 11.9. The lowest BCUT2D eigenvalue weighted by molar-refractivity contribution is -0.137. The van der Waals surface area contributed by atoms with Gasteiger partial charge in [-0.25, -0.2) is 15.0 Å². The molecule has 5 heterocycles. The lowest BCUT2D eigenvalue weighted by Gasteiger charge is -2.17. The first-order chi connectivity index (χ1) is 17.1. The zero-order chi connectivity index (χ0) is 24.2. The molecule has 4 aromatic rings. The molecular formula is C26H28N6O3. The molecule has 1 aliphatic rings. The lowest BCUT2D eigenvalue weighted by atomic mass is 10.1. The van der Waals surface area contributed by atoms with Crippen molar-refractivity contribution < 1.29 is 14.6 Å². The molecule has 0 radical (unpaired) electrons. The number of ether oxygens (including phenoxy) is 1. The van der Waals surface area contributed by atoms with Crippen LogP contribution in [-0.2, 0) is 24.1 Å². The SMILES string of the molecule is COc1ccc(C(CC(=O)O)n2ncc3nc(CCCc4ccc5c(n4)NCCC5)ccc32)cn1. The summed E-state index contributed by atoms with van der Waals surface area (Å²) in [7, 11) is 1.54. The number of rotatable bonds is 9. The minimum Gasteiger partial charge on any atom is -0.481 e. The topological polar surface area (TPSA) is 115 Å². The Morgan fingerprint density at radius 3 is 2.71 bits per heavy atom. The molecule has 0 aromatic carbocycles. The standard InChI is InChI=1S/C26H28N6O3/c1-35-24-12-8-18(15-28-24)23(14-25(33)34)32-22-11-10-19(30-21(22)16-29-32)5-2-6-20-9-7-17-4-3-13-27-26(17)31-20/h7-12,15-16,23H,2-6,13-14H2,1H3,(H,27,31)(H,33,34). The fraction of sp³-hybridized carbons (Fsp3) is 0.346. The number of pyridine rings is 3. The average molecular weight is 473 g/mol. The maximum Gasteiger partial charge on any atom is 0.305 e. The van der Waals surface area contributed by atoms with Crippen molar-refractivity contribution in [3.63, 3.8) is 0 Å². The Balaban J connectivity index is 1.30. The van der Waals surface area contributed by atoms with Crippen molar-refractivity contribution >= 4 is 22.8 Å². The smallest absolute Gasteiger partial charge is 0.305 e. The Labute approximate surface area is 203 Å². The number of anilines is 1. The number of fused-ring (bicyclic) bond motifs is 2. The number of aliphatic carboxylic acids is 1. The van der Waals surface area contributed by atoms with Crippen molar-refractivity contribution in [2.45, 2.75) is 44.6 Å². The fourth-order valence-corrected chi connectivity index (χ4v) is 4.54. The molecule has 9 heteroatoms. The van der Waals surface area contributed by atoms with Crippen molar-refractivity contribution in [1.29, 1.82) is 0 Å². The molecule has 1 atom stereocenters. The number of nitrogens with one attached hydrogen (secondary N) is 1. The highest BCUT2D eigenvalue weighted by molar-refractivity contribution is 5.75. The highest BCUT2D eigenvalue weighted by Crippen LogP contribution is 2.27. The lowest BCUT2D eigenvalue weighted by Crippen LogP contribution is -2.16. The predicted molar refractivity (Wildman–Crippen MR) is 132 cm³/mol. The molecule has 0 aliphatic carbocycles. The van der Waals surface area contributed by atoms with Crippen molar-refractivity contribution in [1.82, 2.24) is 24.7 Å². The summed E-state index contributed by atoms with van der Waals surface area (Å²) in [5.41, 5.74) is 5.66. The van der Waals surface area contributed by atoms with E-state index in [4.69, 9.17) is 14.7 Å². The molecule has 180 valence electrons. The van der Waals surface area contributed by atoms with E-state index in [1.54, 1.807) is 30.3 Å². The number of methoxy groups -OCH3 is 1. The molecular weight excluding hydrogens is 444 g/mol. The summed E-state index contributed by atoms with van der Waals surface area (Å²) in [6, 6.07) is 11.3. The van der Waals surface area contributed by atoms with Gasteiger partial charge in [0, 0.05) is 30.2 Å². The molecule has 0 saturated heterocycles. The van der Waals surface area contributed by atoms with Gasteiger partial charge in [0.1, 0.15) is 11.3 Å². The van der Waals surface area contributed by atoms with Crippen LogP contribution in [-0.4, -0.2) is 49.5 Å². The number of aromatic nitrogens is 5. The Hall–Kier alpha value is -4.01. The minimum atomic E-state index is -0.912. The van der Waals surface area contributed by atoms with E-state index in [1.807, 2.05) is 18.2 Å². The normalized spacial score (nSPS) is 13.7. The van der Waals surface area contributed by atoms with E-state index in [9.17, 15) is 9.90 Å². The van der Waals surface area contributed by atoms with Crippen LogP contribution in [0.2, 0.25) is 0 Å². The quantitative estimate of drug-likeness (QED) is 0.378. The fourth-order valence-electron chi connectivity index (χ4n) is 4.54. The monoisotopic (exact) mass is 472 g/mol. The van der Waals surface area contributed by atoms with Gasteiger partial charge in [-0.05, 0) is 67.5 Å². The van der Waals surface area contributed by atoms with Crippen LogP contribution >= 0.6 is 0 Å². The van der Waals surface area contributed by atoms with Gasteiger partial charge >= 0.3 is 5.97 Å². The zero-order valence-corrected chi connectivity index (χ0v) is 19.6. The number of hydrogen-bond donors (Lipinski definition) is 2. The molecule has 4 aromatic heterocycles. The highest BCUT2D eigenvalue weighted by Gasteiger charge is 2.21. The van der Waals surface area contributed by atoms with Gasteiger partial charge in [0.15, 0.2) is 0 Å². The van der Waals surface area contributed by atoms with Crippen LogP contribution in [0.1, 0.15) is 47.8 Å². The largest absolute Gasteiger partial charge is 0.481 e. The third-order valence-electron chi connectivity index (χ3n) is 6.35. The third kappa shape index (κ3) is 5.08. The molecule has 1 aliphatic heterocycles. The number of hydrogen-bond acceptors (Lipinski definition) is 7. The van der Waals surface area contributed by atoms with Crippen LogP contribution in [0.15, 0.2) is 48.8 Å². The Morgan fingerprint density at radius 1 is 1.11 bits per heavy atom. The molecule has 9 nitrogen and oxygen atoms in total. The van der Waals surface area contributed by atoms with Crippen molar-refractivity contribution in [3.8, 4) is 5.88 Å². The second-order valence-corrected chi connectivity index (χ2v) is 8.74. The van der Waals surface area contributed by atoms with Gasteiger partial charge in [-0.1, -0.05) is 6.07 Å². The van der Waals surface area contributed by atoms with Gasteiger partial charge in [-0.3, -0.25) is 9.48 Å². The molecule has 0 amide bonds. The number of carbonyl (C=O) groups is 1. The summed E-state index contributed by atoms with van der Waals surface area (Å²) in [5, 5.41) is 17.4. The third-order valence-corrected chi connectivity index (χ3v) is 6.35. The highest BCUT2D eigenvalue weighted by atomic mass is 16.5. The van der Waals surface area contributed by atoms with E-state index in [-0.39, 0.29) is 6.42 Å². The van der Waals surface area contributed by atoms with Crippen LogP contribution in [0.3, 0.4) is 0 Å². The van der Waals surface area contributed by atoms with Crippen molar-refractivity contribution in [2.24, 2.45) is 0 Å². The van der Waals surface area contributed by atoms with E-state index in [2.05, 4.69) is 27.5 Å². The molecule has 0 saturated carbocycles. The molecule has 35 heavy (non-hydrogen) atoms. The van der Waals surface area contributed by atoms with Gasteiger partial charge in [-0.2, -0.15) is 5.10 Å². The second-order valence-electron chi connectivity index (χ2n) is 8.74. The van der Waals surface area contributed by atoms with Gasteiger partial charge in [0.2, 0.25) is 5.88 Å². The first kappa shape index (κ1) is 22.8. The van der Waals surface area contributed by atoms with E-state index < -0.39 is 12.0 Å². The molecule has 1 unspecified atom stereocenters. The van der Waals surface area contributed by atoms with Crippen molar-refractivity contribution in [3.05, 3.63) is 71.3 Å². The van der Waals surface area contributed by atoms with E-state index in [0.717, 1.165) is 72.5 Å². The van der Waals surface area contributed by atoms with Crippen LogP contribution in [0, 0.1) is 0 Å². The van der Waals surface area contributed by atoms with Crippen LogP contribution < -0.4 is 10.1 Å². The average Bonchev–Trinajstić information content (AvgIpc) is 3.30. The van der Waals surface area contributed by atoms with Gasteiger partial charge in [-0.15, -0.1) is 0 Å². The Morgan fingerprint density at radius 2 is 1.94 bits per heavy atom. The summed E-state index contributed by atoms with van der Waals surface area (Å²) in [4.78, 5) is 25.4. The number of carboxylic acids is 1. The molecule has 0 bridgehead atoms. The summed E-state index contributed by atoms with van der Waals surface area (Å²) < 4.78 is 6.84. The van der Waals surface area contributed by atoms with Crippen molar-refractivity contribution in [2.75, 3.05) is 19.0 Å². The van der Waals surface area contributed by atoms with E-state index >= 15 is 0 Å². The maximum absolute atomic E-state index is 11.6. The Kier molecular flexibility index (Phi) is 6.56. The number of nitrogens with zero attached hydrogens (tertiary/aromatic N) is 5. The molecule has 0 fully saturated rings. The summed E-state index contributed by atoms with van der Waals surface area (Å²) in [6.07, 6.45) is 8.12. The summed E-state index contributed by atoms with van der Waals surface area (Å²) >= 11 is 0. The minimum absolute atomic E-state index is 0.116.